The average molecular weight is 218 g/mol. The van der Waals surface area contributed by atoms with Crippen LogP contribution in [0, 0.1) is 6.92 Å². The van der Waals surface area contributed by atoms with Crippen molar-refractivity contribution >= 4 is 10.9 Å². The van der Waals surface area contributed by atoms with E-state index in [-0.39, 0.29) is 0 Å². The highest BCUT2D eigenvalue weighted by Crippen LogP contribution is 2.28. The molecule has 3 heteroatoms. The lowest BCUT2D eigenvalue weighted by molar-refractivity contribution is 0.416. The van der Waals surface area contributed by atoms with Crippen molar-refractivity contribution in [2.24, 2.45) is 5.73 Å². The molecule has 0 fully saturated rings. The fourth-order valence-electron chi connectivity index (χ4n) is 2.06. The monoisotopic (exact) mass is 218 g/mol. The van der Waals surface area contributed by atoms with Gasteiger partial charge in [-0.3, -0.25) is 0 Å². The topological polar surface area (TPSA) is 40.2 Å². The molecule has 16 heavy (non-hydrogen) atoms. The summed E-state index contributed by atoms with van der Waals surface area (Å²) in [5.74, 6) is 0.942. The van der Waals surface area contributed by atoms with Crippen LogP contribution in [0.1, 0.15) is 12.0 Å². The van der Waals surface area contributed by atoms with E-state index in [9.17, 15) is 0 Å². The van der Waals surface area contributed by atoms with E-state index in [0.717, 1.165) is 18.7 Å². The first-order valence-electron chi connectivity index (χ1n) is 5.60. The number of hydrogen-bond donors (Lipinski definition) is 1. The molecule has 2 rings (SSSR count). The van der Waals surface area contributed by atoms with Crippen LogP contribution in [0.4, 0.5) is 0 Å². The van der Waals surface area contributed by atoms with Crippen molar-refractivity contribution < 1.29 is 4.74 Å². The Kier molecular flexibility index (Phi) is 3.15. The SMILES string of the molecule is COc1cc(C)cc2ccn(CCCN)c12. The summed E-state index contributed by atoms with van der Waals surface area (Å²) in [4.78, 5) is 0. The van der Waals surface area contributed by atoms with Gasteiger partial charge in [0.25, 0.3) is 0 Å². The van der Waals surface area contributed by atoms with Crippen LogP contribution in [-0.4, -0.2) is 18.2 Å². The van der Waals surface area contributed by atoms with Crippen LogP contribution in [0.15, 0.2) is 24.4 Å². The second kappa shape index (κ2) is 4.58. The fourth-order valence-corrected chi connectivity index (χ4v) is 2.06. The van der Waals surface area contributed by atoms with Crippen LogP contribution < -0.4 is 10.5 Å². The van der Waals surface area contributed by atoms with E-state index >= 15 is 0 Å². The Bertz CT molecular complexity index is 488. The molecule has 1 heterocycles. The molecule has 0 spiro atoms. The number of aromatic nitrogens is 1. The Morgan fingerprint density at radius 3 is 2.88 bits per heavy atom. The van der Waals surface area contributed by atoms with Crippen molar-refractivity contribution in [2.45, 2.75) is 19.9 Å². The molecule has 0 bridgehead atoms. The maximum Gasteiger partial charge on any atom is 0.143 e. The molecule has 1 aromatic carbocycles. The van der Waals surface area contributed by atoms with E-state index in [1.165, 1.54) is 16.5 Å². The van der Waals surface area contributed by atoms with Crippen molar-refractivity contribution in [3.05, 3.63) is 30.0 Å². The average Bonchev–Trinajstić information content (AvgIpc) is 2.68. The summed E-state index contributed by atoms with van der Waals surface area (Å²) < 4.78 is 7.64. The summed E-state index contributed by atoms with van der Waals surface area (Å²) in [6, 6.07) is 6.37. The van der Waals surface area contributed by atoms with Crippen LogP contribution in [-0.2, 0) is 6.54 Å². The number of nitrogens with zero attached hydrogens (tertiary/aromatic N) is 1. The summed E-state index contributed by atoms with van der Waals surface area (Å²) in [5, 5.41) is 1.23. The summed E-state index contributed by atoms with van der Waals surface area (Å²) in [7, 11) is 1.72. The predicted molar refractivity (Wildman–Crippen MR) is 66.9 cm³/mol. The minimum Gasteiger partial charge on any atom is -0.495 e. The molecular weight excluding hydrogens is 200 g/mol. The molecule has 0 aliphatic carbocycles. The van der Waals surface area contributed by atoms with Gasteiger partial charge in [-0.25, -0.2) is 0 Å². The third-order valence-corrected chi connectivity index (χ3v) is 2.79. The van der Waals surface area contributed by atoms with E-state index in [2.05, 4.69) is 35.9 Å². The molecule has 0 radical (unpaired) electrons. The van der Waals surface area contributed by atoms with E-state index < -0.39 is 0 Å². The Labute approximate surface area is 95.8 Å². The molecule has 0 aliphatic heterocycles. The summed E-state index contributed by atoms with van der Waals surface area (Å²) in [6.07, 6.45) is 3.09. The molecule has 2 aromatic rings. The highest BCUT2D eigenvalue weighted by Gasteiger charge is 2.07. The third kappa shape index (κ3) is 1.91. The number of hydrogen-bond acceptors (Lipinski definition) is 2. The molecule has 0 saturated carbocycles. The number of aryl methyl sites for hydroxylation is 2. The van der Waals surface area contributed by atoms with Gasteiger partial charge in [-0.15, -0.1) is 0 Å². The van der Waals surface area contributed by atoms with Crippen molar-refractivity contribution in [2.75, 3.05) is 13.7 Å². The number of ether oxygens (including phenoxy) is 1. The van der Waals surface area contributed by atoms with Gasteiger partial charge in [-0.2, -0.15) is 0 Å². The molecule has 2 N–H and O–H groups in total. The third-order valence-electron chi connectivity index (χ3n) is 2.79. The Morgan fingerprint density at radius 2 is 2.19 bits per heavy atom. The zero-order valence-corrected chi connectivity index (χ0v) is 9.86. The fraction of sp³-hybridized carbons (Fsp3) is 0.385. The van der Waals surface area contributed by atoms with Crippen LogP contribution in [0.25, 0.3) is 10.9 Å². The first-order valence-corrected chi connectivity index (χ1v) is 5.60. The zero-order chi connectivity index (χ0) is 11.5. The lowest BCUT2D eigenvalue weighted by Crippen LogP contribution is -2.05. The minimum absolute atomic E-state index is 0.716. The van der Waals surface area contributed by atoms with E-state index in [1.807, 2.05) is 0 Å². The molecule has 0 unspecified atom stereocenters. The number of methoxy groups -OCH3 is 1. The number of rotatable bonds is 4. The van der Waals surface area contributed by atoms with Gasteiger partial charge in [0.2, 0.25) is 0 Å². The van der Waals surface area contributed by atoms with Gasteiger partial charge in [0.1, 0.15) is 5.75 Å². The van der Waals surface area contributed by atoms with Crippen LogP contribution >= 0.6 is 0 Å². The lowest BCUT2D eigenvalue weighted by atomic mass is 10.1. The Morgan fingerprint density at radius 1 is 1.38 bits per heavy atom. The zero-order valence-electron chi connectivity index (χ0n) is 9.86. The van der Waals surface area contributed by atoms with Crippen molar-refractivity contribution in [3.63, 3.8) is 0 Å². The molecule has 0 saturated heterocycles. The van der Waals surface area contributed by atoms with Gasteiger partial charge >= 0.3 is 0 Å². The standard InChI is InChI=1S/C13H18N2O/c1-10-8-11-4-7-15(6-3-5-14)13(11)12(9-10)16-2/h4,7-9H,3,5-6,14H2,1-2H3. The Balaban J connectivity index is 2.51. The van der Waals surface area contributed by atoms with Crippen LogP contribution in [0.5, 0.6) is 5.75 Å². The van der Waals surface area contributed by atoms with Crippen LogP contribution in [0.3, 0.4) is 0 Å². The quantitative estimate of drug-likeness (QED) is 0.855. The minimum atomic E-state index is 0.716. The highest BCUT2D eigenvalue weighted by molar-refractivity contribution is 5.86. The van der Waals surface area contributed by atoms with Crippen molar-refractivity contribution in [3.8, 4) is 5.75 Å². The normalized spacial score (nSPS) is 10.9. The molecule has 0 atom stereocenters. The number of benzene rings is 1. The summed E-state index contributed by atoms with van der Waals surface area (Å²) in [5.41, 5.74) is 7.93. The van der Waals surface area contributed by atoms with E-state index in [4.69, 9.17) is 10.5 Å². The van der Waals surface area contributed by atoms with Crippen molar-refractivity contribution in [1.82, 2.24) is 4.57 Å². The van der Waals surface area contributed by atoms with Gasteiger partial charge in [0, 0.05) is 18.1 Å². The number of nitrogens with two attached hydrogens (primary N) is 1. The molecule has 0 amide bonds. The summed E-state index contributed by atoms with van der Waals surface area (Å²) in [6.45, 7) is 3.74. The maximum atomic E-state index is 5.54. The van der Waals surface area contributed by atoms with Gasteiger partial charge in [-0.1, -0.05) is 0 Å². The lowest BCUT2D eigenvalue weighted by Gasteiger charge is -2.09. The summed E-state index contributed by atoms with van der Waals surface area (Å²) >= 11 is 0. The smallest absolute Gasteiger partial charge is 0.143 e. The van der Waals surface area contributed by atoms with Crippen molar-refractivity contribution in [1.29, 1.82) is 0 Å². The van der Waals surface area contributed by atoms with E-state index in [0.29, 0.717) is 6.54 Å². The molecule has 1 aromatic heterocycles. The molecule has 0 aliphatic rings. The maximum absolute atomic E-state index is 5.54. The Hall–Kier alpha value is -1.48. The van der Waals surface area contributed by atoms with Gasteiger partial charge < -0.3 is 15.0 Å². The van der Waals surface area contributed by atoms with Gasteiger partial charge in [0.15, 0.2) is 0 Å². The van der Waals surface area contributed by atoms with Gasteiger partial charge in [0.05, 0.1) is 12.6 Å². The molecule has 86 valence electrons. The first kappa shape index (κ1) is 11.0. The largest absolute Gasteiger partial charge is 0.495 e. The second-order valence-electron chi connectivity index (χ2n) is 4.06. The van der Waals surface area contributed by atoms with E-state index in [1.54, 1.807) is 7.11 Å². The predicted octanol–water partition coefficient (Wildman–Crippen LogP) is 2.31. The number of fused-ring (bicyclic) bond motifs is 1. The molecular formula is C13H18N2O. The highest BCUT2D eigenvalue weighted by atomic mass is 16.5. The first-order chi connectivity index (χ1) is 7.76. The van der Waals surface area contributed by atoms with Crippen LogP contribution in [0.2, 0.25) is 0 Å². The van der Waals surface area contributed by atoms with Gasteiger partial charge in [-0.05, 0) is 43.7 Å². The second-order valence-corrected chi connectivity index (χ2v) is 4.06. The molecule has 3 nitrogen and oxygen atoms in total.